The number of benzene rings is 2. The summed E-state index contributed by atoms with van der Waals surface area (Å²) in [6.07, 6.45) is 6.64. The van der Waals surface area contributed by atoms with Crippen LogP contribution in [0.4, 0.5) is 0 Å². The van der Waals surface area contributed by atoms with E-state index in [1.54, 1.807) is 0 Å². The molecule has 0 fully saturated rings. The Labute approximate surface area is 219 Å². The summed E-state index contributed by atoms with van der Waals surface area (Å²) in [7, 11) is -3.92. The second kappa shape index (κ2) is 11.5. The molecule has 0 aromatic heterocycles. The topological polar surface area (TPSA) is 69.4 Å². The molecule has 2 aromatic rings. The number of nitrogens with zero attached hydrogens (tertiary/aromatic N) is 1. The molecule has 0 spiro atoms. The maximum atomic E-state index is 9.08. The third-order valence-electron chi connectivity index (χ3n) is 6.96. The van der Waals surface area contributed by atoms with Crippen molar-refractivity contribution in [1.29, 1.82) is 0 Å². The van der Waals surface area contributed by atoms with Gasteiger partial charge in [0.15, 0.2) is 18.7 Å². The average Bonchev–Trinajstić information content (AvgIpc) is 3.23. The van der Waals surface area contributed by atoms with Crippen molar-refractivity contribution in [2.75, 3.05) is 12.9 Å². The highest BCUT2D eigenvalue weighted by atomic mass is 35.5. The van der Waals surface area contributed by atoms with Gasteiger partial charge in [0.2, 0.25) is 0 Å². The lowest BCUT2D eigenvalue weighted by molar-refractivity contribution is -0.611. The summed E-state index contributed by atoms with van der Waals surface area (Å²) in [5.41, 5.74) is 2.51. The highest BCUT2D eigenvalue weighted by Crippen LogP contribution is 2.52. The molecule has 35 heavy (non-hydrogen) atoms. The highest BCUT2D eigenvalue weighted by molar-refractivity contribution is 7.84. The molecule has 0 bridgehead atoms. The lowest BCUT2D eigenvalue weighted by Gasteiger charge is -2.40. The molecule has 4 rings (SSSR count). The number of rotatable bonds is 6. The summed E-state index contributed by atoms with van der Waals surface area (Å²) in [4.78, 5) is 0. The number of hydrogen-bond donors (Lipinski definition) is 0. The van der Waals surface area contributed by atoms with Crippen LogP contribution in [0.25, 0.3) is 0 Å². The summed E-state index contributed by atoms with van der Waals surface area (Å²) in [6, 6.07) is 17.2. The molecule has 2 aromatic carbocycles. The van der Waals surface area contributed by atoms with Crippen LogP contribution in [-0.2, 0) is 14.9 Å². The van der Waals surface area contributed by atoms with Crippen molar-refractivity contribution in [2.24, 2.45) is 5.41 Å². The lowest BCUT2D eigenvalue weighted by Crippen LogP contribution is -2.46. The van der Waals surface area contributed by atoms with Crippen LogP contribution in [0, 0.1) is 5.41 Å². The Kier molecular flexibility index (Phi) is 9.08. The second-order valence-corrected chi connectivity index (χ2v) is 11.6. The van der Waals surface area contributed by atoms with E-state index in [0.29, 0.717) is 18.2 Å². The Morgan fingerprint density at radius 2 is 1.80 bits per heavy atom. The van der Waals surface area contributed by atoms with E-state index < -0.39 is 10.1 Å². The second-order valence-electron chi connectivity index (χ2n) is 9.28. The molecular weight excluding hydrogens is 505 g/mol. The van der Waals surface area contributed by atoms with Gasteiger partial charge in [-0.15, -0.1) is 6.58 Å². The molecule has 2 aliphatic rings. The van der Waals surface area contributed by atoms with Crippen LogP contribution in [0.15, 0.2) is 61.2 Å². The van der Waals surface area contributed by atoms with Gasteiger partial charge in [-0.25, -0.2) is 8.42 Å². The summed E-state index contributed by atoms with van der Waals surface area (Å²) in [5, 5.41) is 1.55. The van der Waals surface area contributed by atoms with E-state index in [1.807, 2.05) is 18.2 Å². The Bertz CT molecular complexity index is 1170. The quantitative estimate of drug-likeness (QED) is 0.237. The molecule has 4 atom stereocenters. The van der Waals surface area contributed by atoms with Crippen LogP contribution < -0.4 is 0 Å². The predicted molar refractivity (Wildman–Crippen MR) is 141 cm³/mol. The van der Waals surface area contributed by atoms with Gasteiger partial charge in [-0.2, -0.15) is 4.58 Å². The van der Waals surface area contributed by atoms with E-state index in [0.717, 1.165) is 48.2 Å². The third-order valence-corrected chi connectivity index (χ3v) is 7.44. The smallest absolute Gasteiger partial charge is 0.344 e. The Hall–Kier alpha value is -1.86. The fourth-order valence-corrected chi connectivity index (χ4v) is 5.71. The first-order valence-corrected chi connectivity index (χ1v) is 14.4. The van der Waals surface area contributed by atoms with Gasteiger partial charge in [-0.05, 0) is 49.1 Å². The Morgan fingerprint density at radius 3 is 2.34 bits per heavy atom. The molecule has 0 saturated carbocycles. The first-order valence-electron chi connectivity index (χ1n) is 11.8. The van der Waals surface area contributed by atoms with Crippen LogP contribution in [0.5, 0.6) is 0 Å². The van der Waals surface area contributed by atoms with Crippen molar-refractivity contribution in [3.05, 3.63) is 82.4 Å². The Morgan fingerprint density at radius 1 is 1.14 bits per heavy atom. The van der Waals surface area contributed by atoms with Gasteiger partial charge in [0.1, 0.15) is 0 Å². The monoisotopic (exact) mass is 537 g/mol. The fourth-order valence-electron chi connectivity index (χ4n) is 5.38. The zero-order valence-corrected chi connectivity index (χ0v) is 22.7. The van der Waals surface area contributed by atoms with Crippen molar-refractivity contribution in [3.8, 4) is 0 Å². The van der Waals surface area contributed by atoms with Gasteiger partial charge in [0.05, 0.1) is 21.5 Å². The van der Waals surface area contributed by atoms with Crippen LogP contribution in [0.3, 0.4) is 0 Å². The zero-order chi connectivity index (χ0) is 25.8. The molecule has 0 aliphatic carbocycles. The molecule has 0 N–H and O–H groups in total. The minimum Gasteiger partial charge on any atom is -0.748 e. The highest BCUT2D eigenvalue weighted by Gasteiger charge is 2.57. The van der Waals surface area contributed by atoms with Crippen molar-refractivity contribution in [2.45, 2.75) is 57.5 Å². The minimum atomic E-state index is -3.92. The zero-order valence-electron chi connectivity index (χ0n) is 20.4. The van der Waals surface area contributed by atoms with Crippen LogP contribution in [-0.4, -0.2) is 42.3 Å². The third kappa shape index (κ3) is 6.48. The van der Waals surface area contributed by atoms with Crippen LogP contribution in [0.2, 0.25) is 10.0 Å². The molecule has 0 unspecified atom stereocenters. The predicted octanol–water partition coefficient (Wildman–Crippen LogP) is 6.58. The number of halogens is 2. The van der Waals surface area contributed by atoms with E-state index in [2.05, 4.69) is 61.4 Å². The lowest BCUT2D eigenvalue weighted by atomic mass is 9.67. The standard InChI is InChI=1S/C26H30Cl2NO.CH4O3S/c1-4-14-26(6-3)16-23(19-8-7-9-21(28)15-19)24(18-10-12-20(27)13-11-18)29-22(5-2)17-30-25(26)29;1-5(2,3)4/h4,7-13,15,22-24H,1,5-6,14,16-17H2,2-3H3;1H3,(H,2,3,4)/q+1;/p-1/t22-,23+,24+,26-;/m0./s1. The van der Waals surface area contributed by atoms with E-state index in [1.165, 1.54) is 11.1 Å². The molecule has 190 valence electrons. The normalized spacial score (nSPS) is 25.8. The molecule has 2 aliphatic heterocycles. The van der Waals surface area contributed by atoms with Gasteiger partial charge in [-0.3, -0.25) is 0 Å². The van der Waals surface area contributed by atoms with Crippen LogP contribution >= 0.6 is 23.2 Å². The molecule has 0 radical (unpaired) electrons. The number of allylic oxidation sites excluding steroid dienone is 1. The van der Waals surface area contributed by atoms with Crippen molar-refractivity contribution >= 4 is 39.2 Å². The SMILES string of the molecule is C=CC[C@@]1(CC)C[C@H](c2cccc(Cl)c2)[C@@H](c2ccc(Cl)cc2)[N+]2=C1OC[C@@H]2CC.CS(=O)(=O)[O-]. The van der Waals surface area contributed by atoms with E-state index >= 15 is 0 Å². The van der Waals surface area contributed by atoms with Gasteiger partial charge >= 0.3 is 5.90 Å². The Balaban J connectivity index is 0.000000623. The molecule has 0 saturated heterocycles. The molecule has 0 amide bonds. The van der Waals surface area contributed by atoms with E-state index in [4.69, 9.17) is 40.9 Å². The van der Waals surface area contributed by atoms with Gasteiger partial charge < -0.3 is 9.29 Å². The maximum absolute atomic E-state index is 9.08. The number of ether oxygens (including phenoxy) is 1. The number of hydrogen-bond acceptors (Lipinski definition) is 4. The molecular formula is C27H33Cl2NO4S. The first-order chi connectivity index (χ1) is 16.5. The van der Waals surface area contributed by atoms with Crippen molar-refractivity contribution < 1.29 is 22.3 Å². The first kappa shape index (κ1) is 27.7. The maximum Gasteiger partial charge on any atom is 0.344 e. The van der Waals surface area contributed by atoms with E-state index in [-0.39, 0.29) is 11.5 Å². The largest absolute Gasteiger partial charge is 0.748 e. The van der Waals surface area contributed by atoms with Crippen molar-refractivity contribution in [1.82, 2.24) is 0 Å². The van der Waals surface area contributed by atoms with Crippen molar-refractivity contribution in [3.63, 3.8) is 0 Å². The van der Waals surface area contributed by atoms with Gasteiger partial charge in [0, 0.05) is 28.3 Å². The summed E-state index contributed by atoms with van der Waals surface area (Å²) in [6.45, 7) is 9.35. The molecule has 5 nitrogen and oxygen atoms in total. The minimum absolute atomic E-state index is 0.0401. The average molecular weight is 539 g/mol. The molecule has 2 heterocycles. The fraction of sp³-hybridized carbons (Fsp3) is 0.444. The molecule has 8 heteroatoms. The van der Waals surface area contributed by atoms with Gasteiger partial charge in [-0.1, -0.05) is 67.4 Å². The summed E-state index contributed by atoms with van der Waals surface area (Å²) in [5.74, 6) is 1.44. The summed E-state index contributed by atoms with van der Waals surface area (Å²) >= 11 is 12.7. The van der Waals surface area contributed by atoms with E-state index in [9.17, 15) is 0 Å². The summed E-state index contributed by atoms with van der Waals surface area (Å²) < 4.78 is 36.2. The van der Waals surface area contributed by atoms with Gasteiger partial charge in [0.25, 0.3) is 0 Å². The van der Waals surface area contributed by atoms with Crippen LogP contribution in [0.1, 0.15) is 62.6 Å².